The van der Waals surface area contributed by atoms with Crippen LogP contribution in [0.4, 0.5) is 18.9 Å². The van der Waals surface area contributed by atoms with Gasteiger partial charge >= 0.3 is 12.3 Å². The van der Waals surface area contributed by atoms with Gasteiger partial charge in [-0.2, -0.15) is 0 Å². The number of rotatable bonds is 7. The summed E-state index contributed by atoms with van der Waals surface area (Å²) in [5, 5.41) is 10.5. The number of aliphatic hydroxyl groups excluding tert-OH is 1. The van der Waals surface area contributed by atoms with Gasteiger partial charge < -0.3 is 29.3 Å². The molecule has 0 aromatic heterocycles. The van der Waals surface area contributed by atoms with Gasteiger partial charge in [0.05, 0.1) is 13.2 Å². The Morgan fingerprint density at radius 1 is 1.20 bits per heavy atom. The minimum atomic E-state index is -4.79. The Morgan fingerprint density at radius 3 is 2.63 bits per heavy atom. The number of aliphatic hydroxyl groups is 1. The molecule has 1 aliphatic carbocycles. The molecule has 1 saturated carbocycles. The fourth-order valence-corrected chi connectivity index (χ4v) is 5.17. The second-order valence-corrected chi connectivity index (χ2v) is 9.63. The third-order valence-corrected chi connectivity index (χ3v) is 7.47. The fraction of sp³-hybridized carbons (Fsp3) is 0.667. The van der Waals surface area contributed by atoms with Crippen LogP contribution in [0.2, 0.25) is 0 Å². The van der Waals surface area contributed by atoms with E-state index in [4.69, 9.17) is 4.74 Å². The minimum absolute atomic E-state index is 0.0882. The summed E-state index contributed by atoms with van der Waals surface area (Å²) in [6.07, 6.45) is -1.59. The van der Waals surface area contributed by atoms with Crippen LogP contribution in [0.25, 0.3) is 0 Å². The number of hydrogen-bond acceptors (Lipinski definition) is 7. The SMILES string of the molecule is COC(=O)[C@H](CCN1CCC2(CC2)[C@H](O)C1)N1CCN(c2cccc(OC(F)(F)F)c2)CCC1=O. The Balaban J connectivity index is 1.39. The van der Waals surface area contributed by atoms with Crippen molar-refractivity contribution in [1.29, 1.82) is 0 Å². The summed E-state index contributed by atoms with van der Waals surface area (Å²) in [6, 6.07) is 4.88. The molecule has 2 aliphatic heterocycles. The molecule has 0 radical (unpaired) electrons. The first-order chi connectivity index (χ1) is 16.6. The number of anilines is 1. The molecular weight excluding hydrogens is 467 g/mol. The lowest BCUT2D eigenvalue weighted by atomic mass is 9.90. The van der Waals surface area contributed by atoms with E-state index in [1.54, 1.807) is 6.07 Å². The Bertz CT molecular complexity index is 924. The van der Waals surface area contributed by atoms with Gasteiger partial charge in [0.2, 0.25) is 5.91 Å². The monoisotopic (exact) mass is 499 g/mol. The number of benzene rings is 1. The largest absolute Gasteiger partial charge is 0.573 e. The average molecular weight is 500 g/mol. The van der Waals surface area contributed by atoms with Gasteiger partial charge in [-0.1, -0.05) is 6.07 Å². The predicted octanol–water partition coefficient (Wildman–Crippen LogP) is 2.40. The first kappa shape index (κ1) is 25.6. The number of amides is 1. The van der Waals surface area contributed by atoms with Gasteiger partial charge in [0.25, 0.3) is 0 Å². The molecule has 1 aromatic rings. The van der Waals surface area contributed by atoms with Crippen molar-refractivity contribution in [2.75, 3.05) is 51.3 Å². The van der Waals surface area contributed by atoms with Gasteiger partial charge in [0, 0.05) is 50.9 Å². The van der Waals surface area contributed by atoms with E-state index < -0.39 is 18.4 Å². The molecule has 4 rings (SSSR count). The highest BCUT2D eigenvalue weighted by atomic mass is 19.4. The topological polar surface area (TPSA) is 82.6 Å². The Hall–Kier alpha value is -2.53. The zero-order chi connectivity index (χ0) is 25.2. The van der Waals surface area contributed by atoms with Crippen LogP contribution in [-0.2, 0) is 14.3 Å². The van der Waals surface area contributed by atoms with Gasteiger partial charge in [-0.05, 0) is 49.8 Å². The maximum Gasteiger partial charge on any atom is 0.573 e. The number of likely N-dealkylation sites (tertiary alicyclic amines) is 1. The predicted molar refractivity (Wildman–Crippen MR) is 121 cm³/mol. The van der Waals surface area contributed by atoms with Gasteiger partial charge in [-0.15, -0.1) is 13.2 Å². The lowest BCUT2D eigenvalue weighted by molar-refractivity contribution is -0.274. The molecule has 0 bridgehead atoms. The minimum Gasteiger partial charge on any atom is -0.467 e. The molecule has 35 heavy (non-hydrogen) atoms. The third-order valence-electron chi connectivity index (χ3n) is 7.47. The smallest absolute Gasteiger partial charge is 0.467 e. The molecule has 1 spiro atoms. The van der Waals surface area contributed by atoms with Crippen molar-refractivity contribution in [3.63, 3.8) is 0 Å². The van der Waals surface area contributed by atoms with Crippen LogP contribution in [0, 0.1) is 5.41 Å². The van der Waals surface area contributed by atoms with Crippen molar-refractivity contribution in [2.24, 2.45) is 5.41 Å². The van der Waals surface area contributed by atoms with Gasteiger partial charge in [-0.25, -0.2) is 4.79 Å². The highest BCUT2D eigenvalue weighted by molar-refractivity contribution is 5.85. The number of alkyl halides is 3. The summed E-state index contributed by atoms with van der Waals surface area (Å²) in [4.78, 5) is 31.1. The normalized spacial score (nSPS) is 23.7. The Kier molecular flexibility index (Phi) is 7.46. The average Bonchev–Trinajstić information content (AvgIpc) is 3.61. The summed E-state index contributed by atoms with van der Waals surface area (Å²) in [6.45, 7) is 2.85. The van der Waals surface area contributed by atoms with Gasteiger partial charge in [0.1, 0.15) is 11.8 Å². The summed E-state index contributed by atoms with van der Waals surface area (Å²) in [5.74, 6) is -1.03. The number of halogens is 3. The van der Waals surface area contributed by atoms with Crippen molar-refractivity contribution < 1.29 is 37.3 Å². The molecule has 8 nitrogen and oxygen atoms in total. The molecule has 1 aromatic carbocycles. The first-order valence-electron chi connectivity index (χ1n) is 12.0. The molecule has 1 N–H and O–H groups in total. The maximum atomic E-state index is 13.0. The number of ether oxygens (including phenoxy) is 2. The number of carbonyl (C=O) groups is 2. The summed E-state index contributed by atoms with van der Waals surface area (Å²) in [5.41, 5.74) is 0.595. The van der Waals surface area contributed by atoms with Crippen LogP contribution in [0.5, 0.6) is 5.75 Å². The van der Waals surface area contributed by atoms with E-state index in [2.05, 4.69) is 9.64 Å². The van der Waals surface area contributed by atoms with E-state index in [1.165, 1.54) is 30.2 Å². The van der Waals surface area contributed by atoms with Gasteiger partial charge in [0.15, 0.2) is 0 Å². The number of nitrogens with zero attached hydrogens (tertiary/aromatic N) is 3. The van der Waals surface area contributed by atoms with E-state index >= 15 is 0 Å². The van der Waals surface area contributed by atoms with Crippen LogP contribution in [0.1, 0.15) is 32.1 Å². The maximum absolute atomic E-state index is 13.0. The van der Waals surface area contributed by atoms with Crippen LogP contribution >= 0.6 is 0 Å². The van der Waals surface area contributed by atoms with E-state index in [0.29, 0.717) is 38.3 Å². The Labute approximate surface area is 202 Å². The second-order valence-electron chi connectivity index (χ2n) is 9.63. The summed E-state index contributed by atoms with van der Waals surface area (Å²) < 4.78 is 46.8. The molecule has 2 saturated heterocycles. The highest BCUT2D eigenvalue weighted by Crippen LogP contribution is 2.53. The fourth-order valence-electron chi connectivity index (χ4n) is 5.17. The lowest BCUT2D eigenvalue weighted by Gasteiger charge is -2.37. The molecule has 11 heteroatoms. The van der Waals surface area contributed by atoms with E-state index in [0.717, 1.165) is 25.8 Å². The first-order valence-corrected chi connectivity index (χ1v) is 12.0. The standard InChI is InChI=1S/C24H32F3N3O5/c1-34-22(33)19(5-10-28-12-9-23(7-8-23)20(31)16-28)30-14-13-29(11-6-21(30)32)17-3-2-4-18(15-17)35-24(25,26)27/h2-4,15,19-20,31H,5-14,16H2,1H3/t19-,20+/m0/s1. The zero-order valence-electron chi connectivity index (χ0n) is 19.8. The summed E-state index contributed by atoms with van der Waals surface area (Å²) >= 11 is 0. The highest BCUT2D eigenvalue weighted by Gasteiger charge is 2.51. The van der Waals surface area contributed by atoms with Crippen molar-refractivity contribution in [3.05, 3.63) is 24.3 Å². The quantitative estimate of drug-likeness (QED) is 0.577. The molecule has 194 valence electrons. The molecule has 1 amide bonds. The molecular formula is C24H32F3N3O5. The third kappa shape index (κ3) is 6.19. The molecule has 3 aliphatic rings. The number of carbonyl (C=O) groups excluding carboxylic acids is 2. The van der Waals surface area contributed by atoms with E-state index in [1.807, 2.05) is 4.90 Å². The zero-order valence-corrected chi connectivity index (χ0v) is 19.8. The van der Waals surface area contributed by atoms with Crippen molar-refractivity contribution in [2.45, 2.75) is 50.6 Å². The van der Waals surface area contributed by atoms with E-state index in [9.17, 15) is 27.9 Å². The molecule has 0 unspecified atom stereocenters. The number of piperidine rings is 1. The molecule has 2 heterocycles. The van der Waals surface area contributed by atoms with Crippen molar-refractivity contribution in [3.8, 4) is 5.75 Å². The number of hydrogen-bond donors (Lipinski definition) is 1. The van der Waals surface area contributed by atoms with Crippen LogP contribution in [0.3, 0.4) is 0 Å². The van der Waals surface area contributed by atoms with Crippen molar-refractivity contribution >= 4 is 17.6 Å². The second kappa shape index (κ2) is 10.2. The van der Waals surface area contributed by atoms with Crippen LogP contribution in [-0.4, -0.2) is 91.7 Å². The summed E-state index contributed by atoms with van der Waals surface area (Å²) in [7, 11) is 1.29. The van der Waals surface area contributed by atoms with Crippen LogP contribution in [0.15, 0.2) is 24.3 Å². The number of esters is 1. The van der Waals surface area contributed by atoms with Crippen LogP contribution < -0.4 is 9.64 Å². The molecule has 2 atom stereocenters. The Morgan fingerprint density at radius 2 is 1.97 bits per heavy atom. The molecule has 3 fully saturated rings. The van der Waals surface area contributed by atoms with E-state index in [-0.39, 0.29) is 36.1 Å². The number of methoxy groups -OCH3 is 1. The lowest BCUT2D eigenvalue weighted by Crippen LogP contribution is -2.50. The van der Waals surface area contributed by atoms with Gasteiger partial charge in [-0.3, -0.25) is 4.79 Å². The number of β-amino-alcohol motifs (C(OH)–C–C–N with tert-alkyl or cyclic N) is 1. The van der Waals surface area contributed by atoms with Crippen molar-refractivity contribution in [1.82, 2.24) is 9.80 Å².